The Balaban J connectivity index is 0. The average Bonchev–Trinajstić information content (AvgIpc) is 1.58. The highest BCUT2D eigenvalue weighted by Gasteiger charge is 2.10. The molecular weight excluding hydrogens is 174 g/mol. The van der Waals surface area contributed by atoms with E-state index in [4.69, 9.17) is 15.9 Å². The van der Waals surface area contributed by atoms with Crippen molar-refractivity contribution in [1.82, 2.24) is 0 Å². The fourth-order valence-corrected chi connectivity index (χ4v) is 0.521. The van der Waals surface area contributed by atoms with Crippen LogP contribution in [0.4, 0.5) is 0 Å². The Labute approximate surface area is 69.6 Å². The molecule has 0 heterocycles. The van der Waals surface area contributed by atoms with E-state index in [9.17, 15) is 9.59 Å². The summed E-state index contributed by atoms with van der Waals surface area (Å²) in [6.07, 6.45) is -0.599. The largest absolute Gasteiger partial charge is 0.481 e. The number of halogens is 1. The predicted octanol–water partition coefficient (Wildman–Crippen LogP) is -0.315. The van der Waals surface area contributed by atoms with E-state index in [0.717, 1.165) is 0 Å². The summed E-state index contributed by atoms with van der Waals surface area (Å²) in [6, 6.07) is -0.782. The number of carboxylic acid groups (broad SMARTS) is 2. The van der Waals surface area contributed by atoms with Gasteiger partial charge in [-0.25, -0.2) is 0 Å². The quantitative estimate of drug-likeness (QED) is 0.555. The number of rotatable bonds is 4. The average molecular weight is 184 g/mol. The first-order chi connectivity index (χ1) is 4.52. The van der Waals surface area contributed by atoms with Crippen LogP contribution >= 0.6 is 12.4 Å². The molecule has 0 spiro atoms. The van der Waals surface area contributed by atoms with Crippen molar-refractivity contribution in [3.05, 3.63) is 0 Å². The molecular formula is C5H10ClNO4. The minimum absolute atomic E-state index is 0. The van der Waals surface area contributed by atoms with E-state index in [2.05, 4.69) is 0 Å². The van der Waals surface area contributed by atoms with Crippen LogP contribution in [-0.2, 0) is 9.59 Å². The Bertz CT molecular complexity index is 133. The second-order valence-electron chi connectivity index (χ2n) is 1.96. The molecule has 0 aliphatic heterocycles. The second-order valence-corrected chi connectivity index (χ2v) is 1.96. The smallest absolute Gasteiger partial charge is 0.304 e. The fourth-order valence-electron chi connectivity index (χ4n) is 0.521. The van der Waals surface area contributed by atoms with Crippen LogP contribution in [0.1, 0.15) is 12.8 Å². The summed E-state index contributed by atoms with van der Waals surface area (Å²) in [5, 5.41) is 16.2. The van der Waals surface area contributed by atoms with Gasteiger partial charge in [-0.05, 0) is 0 Å². The lowest BCUT2D eigenvalue weighted by Crippen LogP contribution is -2.26. The highest BCUT2D eigenvalue weighted by Crippen LogP contribution is 1.93. The molecule has 0 aromatic carbocycles. The number of hydrogen-bond donors (Lipinski definition) is 3. The van der Waals surface area contributed by atoms with Crippen molar-refractivity contribution in [3.8, 4) is 0 Å². The van der Waals surface area contributed by atoms with Gasteiger partial charge in [0.1, 0.15) is 0 Å². The molecule has 0 rings (SSSR count). The molecule has 0 atom stereocenters. The summed E-state index contributed by atoms with van der Waals surface area (Å²) in [5.41, 5.74) is 5.11. The molecule has 0 saturated heterocycles. The van der Waals surface area contributed by atoms with Crippen molar-refractivity contribution in [3.63, 3.8) is 0 Å². The lowest BCUT2D eigenvalue weighted by molar-refractivity contribution is -0.139. The second kappa shape index (κ2) is 5.94. The topological polar surface area (TPSA) is 101 Å². The van der Waals surface area contributed by atoms with E-state index < -0.39 is 18.0 Å². The van der Waals surface area contributed by atoms with Crippen LogP contribution < -0.4 is 5.73 Å². The Kier molecular flexibility index (Phi) is 6.92. The fraction of sp³-hybridized carbons (Fsp3) is 0.600. The molecule has 11 heavy (non-hydrogen) atoms. The van der Waals surface area contributed by atoms with Crippen LogP contribution in [0.3, 0.4) is 0 Å². The van der Waals surface area contributed by atoms with E-state index in [1.165, 1.54) is 0 Å². The molecule has 0 aromatic heterocycles. The number of hydrogen-bond acceptors (Lipinski definition) is 3. The van der Waals surface area contributed by atoms with Gasteiger partial charge >= 0.3 is 11.9 Å². The lowest BCUT2D eigenvalue weighted by Gasteiger charge is -2.02. The van der Waals surface area contributed by atoms with Gasteiger partial charge in [0.05, 0.1) is 12.8 Å². The van der Waals surface area contributed by atoms with Crippen LogP contribution in [0.25, 0.3) is 0 Å². The zero-order chi connectivity index (χ0) is 8.15. The maximum absolute atomic E-state index is 9.92. The molecule has 0 saturated carbocycles. The van der Waals surface area contributed by atoms with Gasteiger partial charge < -0.3 is 15.9 Å². The van der Waals surface area contributed by atoms with E-state index in [-0.39, 0.29) is 25.2 Å². The highest BCUT2D eigenvalue weighted by molar-refractivity contribution is 5.85. The molecule has 0 unspecified atom stereocenters. The molecule has 66 valence electrons. The van der Waals surface area contributed by atoms with Crippen molar-refractivity contribution in [2.45, 2.75) is 18.9 Å². The summed E-state index contributed by atoms with van der Waals surface area (Å²) >= 11 is 0. The van der Waals surface area contributed by atoms with Gasteiger partial charge in [-0.2, -0.15) is 0 Å². The number of carbonyl (C=O) groups is 2. The third kappa shape index (κ3) is 9.19. The summed E-state index contributed by atoms with van der Waals surface area (Å²) in [5.74, 6) is -2.15. The molecule has 4 N–H and O–H groups in total. The summed E-state index contributed by atoms with van der Waals surface area (Å²) in [6.45, 7) is 0. The third-order valence-corrected chi connectivity index (χ3v) is 0.874. The monoisotopic (exact) mass is 183 g/mol. The molecule has 0 radical (unpaired) electrons. The van der Waals surface area contributed by atoms with Crippen LogP contribution in [-0.4, -0.2) is 28.2 Å². The molecule has 0 aliphatic carbocycles. The molecule has 0 amide bonds. The standard InChI is InChI=1S/C5H9NO4.ClH/c6-3(1-4(7)8)2-5(9)10;/h3H,1-2,6H2,(H,7,8)(H,9,10);1H. The lowest BCUT2D eigenvalue weighted by atomic mass is 10.1. The maximum Gasteiger partial charge on any atom is 0.304 e. The third-order valence-electron chi connectivity index (χ3n) is 0.874. The first-order valence-electron chi connectivity index (χ1n) is 2.71. The number of nitrogens with two attached hydrogens (primary N) is 1. The summed E-state index contributed by atoms with van der Waals surface area (Å²) < 4.78 is 0. The first kappa shape index (κ1) is 12.8. The molecule has 0 aliphatic rings. The zero-order valence-corrected chi connectivity index (χ0v) is 6.50. The maximum atomic E-state index is 9.92. The van der Waals surface area contributed by atoms with Gasteiger partial charge in [0.2, 0.25) is 0 Å². The van der Waals surface area contributed by atoms with Gasteiger partial charge in [-0.1, -0.05) is 0 Å². The van der Waals surface area contributed by atoms with E-state index in [0.29, 0.717) is 0 Å². The van der Waals surface area contributed by atoms with E-state index in [1.807, 2.05) is 0 Å². The Morgan fingerprint density at radius 1 is 1.18 bits per heavy atom. The van der Waals surface area contributed by atoms with Gasteiger partial charge in [0.25, 0.3) is 0 Å². The molecule has 6 heteroatoms. The minimum atomic E-state index is -1.08. The Morgan fingerprint density at radius 3 is 1.64 bits per heavy atom. The SMILES string of the molecule is Cl.NC(CC(=O)O)CC(=O)O. The van der Waals surface area contributed by atoms with Crippen molar-refractivity contribution in [2.75, 3.05) is 0 Å². The Morgan fingerprint density at radius 2 is 1.45 bits per heavy atom. The van der Waals surface area contributed by atoms with Crippen LogP contribution in [0.5, 0.6) is 0 Å². The van der Waals surface area contributed by atoms with Crippen LogP contribution in [0.2, 0.25) is 0 Å². The molecule has 5 nitrogen and oxygen atoms in total. The molecule has 0 aromatic rings. The van der Waals surface area contributed by atoms with Gasteiger partial charge in [-0.3, -0.25) is 9.59 Å². The van der Waals surface area contributed by atoms with Gasteiger partial charge in [0.15, 0.2) is 0 Å². The van der Waals surface area contributed by atoms with Crippen LogP contribution in [0, 0.1) is 0 Å². The van der Waals surface area contributed by atoms with Crippen molar-refractivity contribution in [1.29, 1.82) is 0 Å². The highest BCUT2D eigenvalue weighted by atomic mass is 35.5. The first-order valence-corrected chi connectivity index (χ1v) is 2.71. The summed E-state index contributed by atoms with van der Waals surface area (Å²) in [4.78, 5) is 19.8. The van der Waals surface area contributed by atoms with Crippen LogP contribution in [0.15, 0.2) is 0 Å². The van der Waals surface area contributed by atoms with E-state index >= 15 is 0 Å². The Hall–Kier alpha value is -0.810. The summed E-state index contributed by atoms with van der Waals surface area (Å²) in [7, 11) is 0. The van der Waals surface area contributed by atoms with Crippen molar-refractivity contribution < 1.29 is 19.8 Å². The normalized spacial score (nSPS) is 8.91. The van der Waals surface area contributed by atoms with Gasteiger partial charge in [-0.15, -0.1) is 12.4 Å². The molecule has 0 bridgehead atoms. The van der Waals surface area contributed by atoms with Crippen molar-refractivity contribution in [2.24, 2.45) is 5.73 Å². The minimum Gasteiger partial charge on any atom is -0.481 e. The zero-order valence-electron chi connectivity index (χ0n) is 5.69. The van der Waals surface area contributed by atoms with Crippen molar-refractivity contribution >= 4 is 24.3 Å². The predicted molar refractivity (Wildman–Crippen MR) is 39.7 cm³/mol. The number of carboxylic acids is 2. The molecule has 0 fully saturated rings. The van der Waals surface area contributed by atoms with Gasteiger partial charge in [0, 0.05) is 6.04 Å². The number of aliphatic carboxylic acids is 2. The van der Waals surface area contributed by atoms with E-state index in [1.54, 1.807) is 0 Å².